The molecule has 0 aromatic rings. The van der Waals surface area contributed by atoms with Crippen molar-refractivity contribution in [3.63, 3.8) is 0 Å². The van der Waals surface area contributed by atoms with Crippen molar-refractivity contribution in [2.24, 2.45) is 11.8 Å². The first-order valence-corrected chi connectivity index (χ1v) is 9.22. The molecular weight excluding hydrogens is 294 g/mol. The van der Waals surface area contributed by atoms with Crippen molar-refractivity contribution in [1.29, 1.82) is 0 Å². The lowest BCUT2D eigenvalue weighted by molar-refractivity contribution is -0.0109. The number of rotatable bonds is 2. The molecule has 9 heteroatoms. The molecule has 19 heavy (non-hydrogen) atoms. The Kier molecular flexibility index (Phi) is 4.58. The molecule has 0 bridgehead atoms. The van der Waals surface area contributed by atoms with Gasteiger partial charge in [-0.2, -0.15) is 4.31 Å². The van der Waals surface area contributed by atoms with Gasteiger partial charge in [-0.05, 0) is 13.8 Å². The zero-order valence-corrected chi connectivity index (χ0v) is 13.3. The smallest absolute Gasteiger partial charge is 0.286 e. The summed E-state index contributed by atoms with van der Waals surface area (Å²) in [5.41, 5.74) is 0. The number of phosphoric acid groups is 2. The lowest BCUT2D eigenvalue weighted by Crippen LogP contribution is -2.30. The van der Waals surface area contributed by atoms with Gasteiger partial charge in [-0.15, -0.1) is 0 Å². The Labute approximate surface area is 113 Å². The minimum absolute atomic E-state index is 0.0822. The van der Waals surface area contributed by atoms with Crippen LogP contribution in [0.2, 0.25) is 0 Å². The summed E-state index contributed by atoms with van der Waals surface area (Å²) in [6, 6.07) is 0. The lowest BCUT2D eigenvalue weighted by Gasteiger charge is -2.35. The van der Waals surface area contributed by atoms with Crippen LogP contribution in [0.1, 0.15) is 27.7 Å². The van der Waals surface area contributed by atoms with E-state index in [2.05, 4.69) is 0 Å². The highest BCUT2D eigenvalue weighted by molar-refractivity contribution is 7.62. The summed E-state index contributed by atoms with van der Waals surface area (Å²) in [6.07, 6.45) is -0.625. The quantitative estimate of drug-likeness (QED) is 0.723. The molecular formula is C10H20O7P2. The van der Waals surface area contributed by atoms with E-state index >= 15 is 0 Å². The molecule has 6 atom stereocenters. The van der Waals surface area contributed by atoms with Gasteiger partial charge in [-0.3, -0.25) is 18.1 Å². The van der Waals surface area contributed by atoms with Gasteiger partial charge < -0.3 is 0 Å². The predicted molar refractivity (Wildman–Crippen MR) is 67.6 cm³/mol. The standard InChI is InChI=1S/C10H20O7P2/c1-7-5-13-18(11,15-9(7)3)17-19(12)14-6-8(2)10(4)16-19/h7-10H,5-6H2,1-4H3. The van der Waals surface area contributed by atoms with Crippen LogP contribution in [0, 0.1) is 11.8 Å². The van der Waals surface area contributed by atoms with E-state index in [0.717, 1.165) is 0 Å². The average molecular weight is 314 g/mol. The summed E-state index contributed by atoms with van der Waals surface area (Å²) < 4.78 is 50.0. The van der Waals surface area contributed by atoms with Gasteiger partial charge in [0.1, 0.15) is 0 Å². The molecule has 2 saturated heterocycles. The van der Waals surface area contributed by atoms with Crippen LogP contribution < -0.4 is 0 Å². The van der Waals surface area contributed by atoms with Crippen LogP contribution in [0.15, 0.2) is 0 Å². The largest absolute Gasteiger partial charge is 0.484 e. The van der Waals surface area contributed by atoms with Crippen LogP contribution in [0.3, 0.4) is 0 Å². The number of hydrogen-bond acceptors (Lipinski definition) is 7. The average Bonchev–Trinajstić information content (AvgIpc) is 2.29. The molecule has 0 N–H and O–H groups in total. The molecule has 2 aliphatic rings. The van der Waals surface area contributed by atoms with Crippen LogP contribution >= 0.6 is 15.6 Å². The highest BCUT2D eigenvalue weighted by Gasteiger charge is 2.48. The van der Waals surface area contributed by atoms with Crippen LogP contribution in [-0.4, -0.2) is 25.4 Å². The first-order chi connectivity index (χ1) is 8.73. The van der Waals surface area contributed by atoms with Gasteiger partial charge in [0.05, 0.1) is 25.4 Å². The third kappa shape index (κ3) is 3.67. The van der Waals surface area contributed by atoms with Gasteiger partial charge in [0.15, 0.2) is 0 Å². The van der Waals surface area contributed by atoms with Gasteiger partial charge in [-0.1, -0.05) is 13.8 Å². The molecule has 2 heterocycles. The van der Waals surface area contributed by atoms with Crippen molar-refractivity contribution in [2.75, 3.05) is 13.2 Å². The molecule has 112 valence electrons. The van der Waals surface area contributed by atoms with Crippen molar-refractivity contribution >= 4 is 15.6 Å². The van der Waals surface area contributed by atoms with E-state index < -0.39 is 15.6 Å². The summed E-state index contributed by atoms with van der Waals surface area (Å²) in [5.74, 6) is 0.164. The summed E-state index contributed by atoms with van der Waals surface area (Å²) in [6.45, 7) is 7.73. The maximum absolute atomic E-state index is 12.3. The summed E-state index contributed by atoms with van der Waals surface area (Å²) in [7, 11) is -7.80. The fraction of sp³-hybridized carbons (Fsp3) is 1.00. The maximum Gasteiger partial charge on any atom is 0.484 e. The monoisotopic (exact) mass is 314 g/mol. The SMILES string of the molecule is CC1COP(=O)(OP2(=O)OCC(C)C(C)O2)OC1C. The molecule has 2 fully saturated rings. The Morgan fingerprint density at radius 1 is 0.842 bits per heavy atom. The molecule has 7 nitrogen and oxygen atoms in total. The maximum atomic E-state index is 12.3. The van der Waals surface area contributed by atoms with Crippen LogP contribution in [0.25, 0.3) is 0 Å². The molecule has 0 aliphatic carbocycles. The van der Waals surface area contributed by atoms with Crippen LogP contribution in [-0.2, 0) is 31.5 Å². The molecule has 0 aromatic heterocycles. The van der Waals surface area contributed by atoms with E-state index in [0.29, 0.717) is 0 Å². The van der Waals surface area contributed by atoms with Crippen molar-refractivity contribution in [3.8, 4) is 0 Å². The van der Waals surface area contributed by atoms with Crippen molar-refractivity contribution in [1.82, 2.24) is 0 Å². The molecule has 0 spiro atoms. The van der Waals surface area contributed by atoms with E-state index in [1.165, 1.54) is 0 Å². The third-order valence-electron chi connectivity index (χ3n) is 3.38. The third-order valence-corrected chi connectivity index (χ3v) is 7.10. The fourth-order valence-electron chi connectivity index (χ4n) is 1.57. The zero-order valence-electron chi connectivity index (χ0n) is 11.5. The van der Waals surface area contributed by atoms with Crippen LogP contribution in [0.4, 0.5) is 0 Å². The Morgan fingerprint density at radius 2 is 1.21 bits per heavy atom. The number of phosphoric ester groups is 2. The Bertz CT molecular complexity index is 388. The highest BCUT2D eigenvalue weighted by atomic mass is 31.3. The second-order valence-electron chi connectivity index (χ2n) is 5.14. The molecule has 0 saturated carbocycles. The number of hydrogen-bond donors (Lipinski definition) is 0. The molecule has 2 rings (SSSR count). The van der Waals surface area contributed by atoms with Gasteiger partial charge in [0.25, 0.3) is 0 Å². The van der Waals surface area contributed by atoms with Gasteiger partial charge in [-0.25, -0.2) is 9.13 Å². The minimum atomic E-state index is -3.90. The Hall–Kier alpha value is 0.260. The van der Waals surface area contributed by atoms with Crippen molar-refractivity contribution in [3.05, 3.63) is 0 Å². The molecule has 0 radical (unpaired) electrons. The van der Waals surface area contributed by atoms with Crippen LogP contribution in [0.5, 0.6) is 0 Å². The first kappa shape index (κ1) is 15.6. The minimum Gasteiger partial charge on any atom is -0.286 e. The van der Waals surface area contributed by atoms with Gasteiger partial charge in [0, 0.05) is 11.8 Å². The normalized spacial score (nSPS) is 52.0. The lowest BCUT2D eigenvalue weighted by atomic mass is 10.1. The second-order valence-corrected chi connectivity index (χ2v) is 8.52. The zero-order chi connectivity index (χ0) is 14.3. The Morgan fingerprint density at radius 3 is 1.53 bits per heavy atom. The van der Waals surface area contributed by atoms with E-state index in [1.54, 1.807) is 13.8 Å². The van der Waals surface area contributed by atoms with E-state index in [4.69, 9.17) is 22.4 Å². The molecule has 6 unspecified atom stereocenters. The van der Waals surface area contributed by atoms with Crippen molar-refractivity contribution in [2.45, 2.75) is 39.9 Å². The van der Waals surface area contributed by atoms with E-state index in [-0.39, 0.29) is 37.3 Å². The summed E-state index contributed by atoms with van der Waals surface area (Å²) in [4.78, 5) is 0. The van der Waals surface area contributed by atoms with Crippen molar-refractivity contribution < 1.29 is 31.5 Å². The van der Waals surface area contributed by atoms with Gasteiger partial charge >= 0.3 is 15.6 Å². The summed E-state index contributed by atoms with van der Waals surface area (Å²) in [5, 5.41) is 0. The summed E-state index contributed by atoms with van der Waals surface area (Å²) >= 11 is 0. The molecule has 0 aromatic carbocycles. The van der Waals surface area contributed by atoms with Gasteiger partial charge in [0.2, 0.25) is 0 Å². The van der Waals surface area contributed by atoms with E-state index in [1.807, 2.05) is 13.8 Å². The predicted octanol–water partition coefficient (Wildman–Crippen LogP) is 3.36. The molecule has 2 aliphatic heterocycles. The second kappa shape index (κ2) is 5.57. The molecule has 0 amide bonds. The fourth-order valence-corrected chi connectivity index (χ4v) is 5.42. The topological polar surface area (TPSA) is 80.3 Å². The first-order valence-electron chi connectivity index (χ1n) is 6.30. The van der Waals surface area contributed by atoms with E-state index in [9.17, 15) is 9.13 Å². The Balaban J connectivity index is 2.04. The highest BCUT2D eigenvalue weighted by Crippen LogP contribution is 2.69.